The minimum Gasteiger partial charge on any atom is -0.396 e. The third-order valence-corrected chi connectivity index (χ3v) is 3.47. The summed E-state index contributed by atoms with van der Waals surface area (Å²) in [6.07, 6.45) is 0.935. The molecule has 1 aromatic heterocycles. The lowest BCUT2D eigenvalue weighted by Crippen LogP contribution is -2.29. The van der Waals surface area contributed by atoms with Gasteiger partial charge in [0.05, 0.1) is 10.9 Å². The summed E-state index contributed by atoms with van der Waals surface area (Å²) in [5, 5.41) is 8.68. The highest BCUT2D eigenvalue weighted by atomic mass is 35.5. The van der Waals surface area contributed by atoms with E-state index in [0.717, 1.165) is 9.21 Å². The van der Waals surface area contributed by atoms with E-state index in [1.54, 1.807) is 4.90 Å². The summed E-state index contributed by atoms with van der Waals surface area (Å²) in [6.45, 7) is 3.30. The van der Waals surface area contributed by atoms with E-state index in [-0.39, 0.29) is 12.5 Å². The second kappa shape index (κ2) is 6.89. The number of aliphatic hydroxyl groups excluding tert-OH is 1. The van der Waals surface area contributed by atoms with Crippen molar-refractivity contribution < 1.29 is 9.90 Å². The summed E-state index contributed by atoms with van der Waals surface area (Å²) < 4.78 is 0.744. The van der Waals surface area contributed by atoms with Gasteiger partial charge in [-0.2, -0.15) is 0 Å². The Kier molecular flexibility index (Phi) is 5.80. The number of amides is 1. The van der Waals surface area contributed by atoms with Gasteiger partial charge in [0.25, 0.3) is 0 Å². The van der Waals surface area contributed by atoms with Crippen molar-refractivity contribution in [2.75, 3.05) is 13.2 Å². The molecule has 0 bridgehead atoms. The molecule has 0 saturated carbocycles. The molecular weight excluding hydrogens is 246 g/mol. The number of rotatable bonds is 6. The monoisotopic (exact) mass is 261 g/mol. The van der Waals surface area contributed by atoms with Crippen LogP contribution in [0.4, 0.5) is 0 Å². The lowest BCUT2D eigenvalue weighted by atomic mass is 10.2. The van der Waals surface area contributed by atoms with Gasteiger partial charge in [-0.1, -0.05) is 11.6 Å². The molecule has 0 aliphatic heterocycles. The summed E-state index contributed by atoms with van der Waals surface area (Å²) in [5.41, 5.74) is 0. The van der Waals surface area contributed by atoms with Crippen molar-refractivity contribution in [2.45, 2.75) is 26.3 Å². The maximum atomic E-state index is 11.7. The summed E-state index contributed by atoms with van der Waals surface area (Å²) in [4.78, 5) is 14.6. The SMILES string of the molecule is CCN(Cc1ccc(Cl)s1)C(=O)CCCO. The van der Waals surface area contributed by atoms with Crippen LogP contribution in [-0.4, -0.2) is 29.1 Å². The van der Waals surface area contributed by atoms with E-state index in [0.29, 0.717) is 25.9 Å². The number of halogens is 1. The molecule has 1 amide bonds. The van der Waals surface area contributed by atoms with Crippen molar-refractivity contribution >= 4 is 28.8 Å². The zero-order valence-corrected chi connectivity index (χ0v) is 10.9. The van der Waals surface area contributed by atoms with Gasteiger partial charge >= 0.3 is 0 Å². The van der Waals surface area contributed by atoms with Gasteiger partial charge in [-0.05, 0) is 25.5 Å². The van der Waals surface area contributed by atoms with E-state index >= 15 is 0 Å². The average Bonchev–Trinajstić information content (AvgIpc) is 2.68. The molecule has 0 radical (unpaired) electrons. The van der Waals surface area contributed by atoms with Gasteiger partial charge in [0.2, 0.25) is 5.91 Å². The van der Waals surface area contributed by atoms with Gasteiger partial charge in [0.1, 0.15) is 0 Å². The van der Waals surface area contributed by atoms with Crippen LogP contribution >= 0.6 is 22.9 Å². The highest BCUT2D eigenvalue weighted by molar-refractivity contribution is 7.16. The molecule has 16 heavy (non-hydrogen) atoms. The van der Waals surface area contributed by atoms with E-state index in [2.05, 4.69) is 0 Å². The maximum absolute atomic E-state index is 11.7. The molecule has 0 saturated heterocycles. The minimum atomic E-state index is 0.0636. The fourth-order valence-corrected chi connectivity index (χ4v) is 2.49. The van der Waals surface area contributed by atoms with Gasteiger partial charge < -0.3 is 10.0 Å². The quantitative estimate of drug-likeness (QED) is 0.855. The lowest BCUT2D eigenvalue weighted by molar-refractivity contribution is -0.131. The summed E-state index contributed by atoms with van der Waals surface area (Å²) in [7, 11) is 0. The van der Waals surface area contributed by atoms with Gasteiger partial charge in [-0.3, -0.25) is 4.79 Å². The Morgan fingerprint density at radius 2 is 2.31 bits per heavy atom. The Bertz CT molecular complexity index is 340. The van der Waals surface area contributed by atoms with Crippen LogP contribution in [-0.2, 0) is 11.3 Å². The molecular formula is C11H16ClNO2S. The van der Waals surface area contributed by atoms with Crippen LogP contribution in [0.2, 0.25) is 4.34 Å². The van der Waals surface area contributed by atoms with Crippen molar-refractivity contribution in [2.24, 2.45) is 0 Å². The number of aliphatic hydroxyl groups is 1. The van der Waals surface area contributed by atoms with E-state index in [4.69, 9.17) is 16.7 Å². The molecule has 1 aromatic rings. The van der Waals surface area contributed by atoms with Crippen LogP contribution < -0.4 is 0 Å². The van der Waals surface area contributed by atoms with Crippen LogP contribution in [0.1, 0.15) is 24.6 Å². The van der Waals surface area contributed by atoms with E-state index in [1.165, 1.54) is 11.3 Å². The maximum Gasteiger partial charge on any atom is 0.222 e. The van der Waals surface area contributed by atoms with Crippen LogP contribution in [0, 0.1) is 0 Å². The van der Waals surface area contributed by atoms with Crippen molar-refractivity contribution in [3.8, 4) is 0 Å². The molecule has 1 rings (SSSR count). The smallest absolute Gasteiger partial charge is 0.222 e. The fourth-order valence-electron chi connectivity index (χ4n) is 1.39. The number of nitrogens with zero attached hydrogens (tertiary/aromatic N) is 1. The first-order valence-corrected chi connectivity index (χ1v) is 6.49. The number of hydrogen-bond donors (Lipinski definition) is 1. The number of hydrogen-bond acceptors (Lipinski definition) is 3. The fraction of sp³-hybridized carbons (Fsp3) is 0.545. The molecule has 90 valence electrons. The van der Waals surface area contributed by atoms with Crippen LogP contribution in [0.15, 0.2) is 12.1 Å². The van der Waals surface area contributed by atoms with Crippen LogP contribution in [0.3, 0.4) is 0 Å². The van der Waals surface area contributed by atoms with Crippen LogP contribution in [0.25, 0.3) is 0 Å². The first-order valence-electron chi connectivity index (χ1n) is 5.30. The zero-order valence-electron chi connectivity index (χ0n) is 9.28. The molecule has 0 fully saturated rings. The zero-order chi connectivity index (χ0) is 12.0. The lowest BCUT2D eigenvalue weighted by Gasteiger charge is -2.19. The van der Waals surface area contributed by atoms with E-state index in [9.17, 15) is 4.79 Å². The number of carbonyl (C=O) groups excluding carboxylic acids is 1. The minimum absolute atomic E-state index is 0.0636. The Balaban J connectivity index is 2.51. The topological polar surface area (TPSA) is 40.5 Å². The third-order valence-electron chi connectivity index (χ3n) is 2.26. The molecule has 5 heteroatoms. The summed E-state index contributed by atoms with van der Waals surface area (Å²) in [6, 6.07) is 3.78. The molecule has 0 spiro atoms. The second-order valence-corrected chi connectivity index (χ2v) is 5.24. The Labute approximate surface area is 105 Å². The van der Waals surface area contributed by atoms with Crippen LogP contribution in [0.5, 0.6) is 0 Å². The predicted octanol–water partition coefficient (Wildman–Crippen LogP) is 2.52. The Hall–Kier alpha value is -0.580. The molecule has 1 heterocycles. The number of thiophene rings is 1. The summed E-state index contributed by atoms with van der Waals surface area (Å²) in [5.74, 6) is 0.0843. The summed E-state index contributed by atoms with van der Waals surface area (Å²) >= 11 is 7.33. The normalized spacial score (nSPS) is 10.4. The molecule has 0 aliphatic rings. The largest absolute Gasteiger partial charge is 0.396 e. The van der Waals surface area contributed by atoms with Crippen molar-refractivity contribution in [3.63, 3.8) is 0 Å². The van der Waals surface area contributed by atoms with Crippen molar-refractivity contribution in [3.05, 3.63) is 21.3 Å². The average molecular weight is 262 g/mol. The van der Waals surface area contributed by atoms with Crippen molar-refractivity contribution in [1.29, 1.82) is 0 Å². The van der Waals surface area contributed by atoms with Gasteiger partial charge in [0, 0.05) is 24.4 Å². The Morgan fingerprint density at radius 3 is 2.81 bits per heavy atom. The number of carbonyl (C=O) groups is 1. The highest BCUT2D eigenvalue weighted by Gasteiger charge is 2.12. The van der Waals surface area contributed by atoms with Gasteiger partial charge in [0.15, 0.2) is 0 Å². The second-order valence-electron chi connectivity index (χ2n) is 3.44. The molecule has 1 N–H and O–H groups in total. The van der Waals surface area contributed by atoms with Gasteiger partial charge in [-0.25, -0.2) is 0 Å². The molecule has 0 atom stereocenters. The van der Waals surface area contributed by atoms with E-state index < -0.39 is 0 Å². The third kappa shape index (κ3) is 4.12. The predicted molar refractivity (Wildman–Crippen MR) is 66.7 cm³/mol. The molecule has 0 aliphatic carbocycles. The molecule has 0 aromatic carbocycles. The highest BCUT2D eigenvalue weighted by Crippen LogP contribution is 2.22. The van der Waals surface area contributed by atoms with E-state index in [1.807, 2.05) is 19.1 Å². The van der Waals surface area contributed by atoms with Gasteiger partial charge in [-0.15, -0.1) is 11.3 Å². The van der Waals surface area contributed by atoms with Crippen molar-refractivity contribution in [1.82, 2.24) is 4.90 Å². The molecule has 0 unspecified atom stereocenters. The molecule has 3 nitrogen and oxygen atoms in total. The first-order chi connectivity index (χ1) is 7.67. The first kappa shape index (κ1) is 13.5. The Morgan fingerprint density at radius 1 is 1.56 bits per heavy atom. The standard InChI is InChI=1S/C11H16ClNO2S/c1-2-13(11(15)4-3-7-14)8-9-5-6-10(12)16-9/h5-6,14H,2-4,7-8H2,1H3.